The summed E-state index contributed by atoms with van der Waals surface area (Å²) in [5.41, 5.74) is 3.54. The minimum atomic E-state index is -0.0337. The van der Waals surface area contributed by atoms with Crippen molar-refractivity contribution in [2.24, 2.45) is 0 Å². The van der Waals surface area contributed by atoms with Crippen molar-refractivity contribution in [1.82, 2.24) is 0 Å². The van der Waals surface area contributed by atoms with Gasteiger partial charge >= 0.3 is 0 Å². The quantitative estimate of drug-likeness (QED) is 0.731. The first kappa shape index (κ1) is 12.3. The van der Waals surface area contributed by atoms with Crippen molar-refractivity contribution in [2.45, 2.75) is 13.0 Å². The first-order chi connectivity index (χ1) is 8.74. The first-order valence-electron chi connectivity index (χ1n) is 6.03. The van der Waals surface area contributed by atoms with E-state index in [-0.39, 0.29) is 6.04 Å². The van der Waals surface area contributed by atoms with Crippen molar-refractivity contribution in [3.63, 3.8) is 0 Å². The average molecular weight is 235 g/mol. The Morgan fingerprint density at radius 1 is 1.00 bits per heavy atom. The van der Waals surface area contributed by atoms with Crippen LogP contribution in [-0.4, -0.2) is 7.05 Å². The van der Waals surface area contributed by atoms with Gasteiger partial charge in [0.1, 0.15) is 6.04 Å². The monoisotopic (exact) mass is 235 g/mol. The molecule has 2 aromatic rings. The van der Waals surface area contributed by atoms with Crippen LogP contribution in [0.15, 0.2) is 54.6 Å². The summed E-state index contributed by atoms with van der Waals surface area (Å²) in [4.78, 5) is 2.13. The highest BCUT2D eigenvalue weighted by molar-refractivity contribution is 5.51. The summed E-state index contributed by atoms with van der Waals surface area (Å²) in [6.07, 6.45) is 5.72. The fourth-order valence-electron chi connectivity index (χ4n) is 2.12. The Morgan fingerprint density at radius 3 is 2.22 bits per heavy atom. The van der Waals surface area contributed by atoms with Crippen LogP contribution in [-0.2, 0) is 0 Å². The maximum Gasteiger partial charge on any atom is 0.116 e. The molecule has 0 bridgehead atoms. The third-order valence-electron chi connectivity index (χ3n) is 3.19. The number of hydrogen-bond acceptors (Lipinski definition) is 1. The molecule has 0 radical (unpaired) electrons. The van der Waals surface area contributed by atoms with Crippen LogP contribution in [0.2, 0.25) is 0 Å². The molecule has 0 unspecified atom stereocenters. The van der Waals surface area contributed by atoms with E-state index in [0.29, 0.717) is 0 Å². The summed E-state index contributed by atoms with van der Waals surface area (Å²) in [6.45, 7) is 2.10. The standard InChI is InChI=1S/C17H17N/c1-4-17(16-13-9-8-10-14(16)2)18(3)15-11-6-5-7-12-15/h1,5-13,17H,2-3H3/t17-/m0/s1. The van der Waals surface area contributed by atoms with Crippen LogP contribution >= 0.6 is 0 Å². The van der Waals surface area contributed by atoms with Gasteiger partial charge in [0.2, 0.25) is 0 Å². The van der Waals surface area contributed by atoms with Gasteiger partial charge in [0.15, 0.2) is 0 Å². The highest BCUT2D eigenvalue weighted by Gasteiger charge is 2.16. The Labute approximate surface area is 109 Å². The van der Waals surface area contributed by atoms with E-state index in [2.05, 4.69) is 42.0 Å². The van der Waals surface area contributed by atoms with E-state index in [0.717, 1.165) is 5.69 Å². The fraction of sp³-hybridized carbons (Fsp3) is 0.176. The van der Waals surface area contributed by atoms with Gasteiger partial charge in [-0.2, -0.15) is 0 Å². The van der Waals surface area contributed by atoms with Gasteiger partial charge in [-0.25, -0.2) is 0 Å². The lowest BCUT2D eigenvalue weighted by molar-refractivity contribution is 0.828. The van der Waals surface area contributed by atoms with E-state index < -0.39 is 0 Å². The molecule has 18 heavy (non-hydrogen) atoms. The Hall–Kier alpha value is -2.20. The highest BCUT2D eigenvalue weighted by Crippen LogP contribution is 2.26. The second-order valence-corrected chi connectivity index (χ2v) is 4.37. The number of rotatable bonds is 3. The molecule has 0 heterocycles. The molecule has 0 fully saturated rings. The number of hydrogen-bond donors (Lipinski definition) is 0. The topological polar surface area (TPSA) is 3.24 Å². The van der Waals surface area contributed by atoms with E-state index in [1.54, 1.807) is 0 Å². The van der Waals surface area contributed by atoms with Crippen molar-refractivity contribution < 1.29 is 0 Å². The second kappa shape index (κ2) is 5.42. The molecule has 0 aliphatic rings. The molecule has 0 aliphatic heterocycles. The normalized spacial score (nSPS) is 11.6. The molecule has 2 aromatic carbocycles. The van der Waals surface area contributed by atoms with Gasteiger partial charge in [-0.1, -0.05) is 48.4 Å². The van der Waals surface area contributed by atoms with Crippen molar-refractivity contribution in [3.8, 4) is 12.3 Å². The Bertz CT molecular complexity index is 551. The molecule has 0 saturated heterocycles. The van der Waals surface area contributed by atoms with Gasteiger partial charge in [0, 0.05) is 12.7 Å². The van der Waals surface area contributed by atoms with Crippen molar-refractivity contribution >= 4 is 5.69 Å². The Morgan fingerprint density at radius 2 is 1.61 bits per heavy atom. The minimum absolute atomic E-state index is 0.0337. The van der Waals surface area contributed by atoms with E-state index in [9.17, 15) is 0 Å². The summed E-state index contributed by atoms with van der Waals surface area (Å²) in [6, 6.07) is 18.4. The van der Waals surface area contributed by atoms with Crippen molar-refractivity contribution in [1.29, 1.82) is 0 Å². The van der Waals surface area contributed by atoms with Crippen LogP contribution in [0.3, 0.4) is 0 Å². The average Bonchev–Trinajstić information content (AvgIpc) is 2.42. The molecule has 0 saturated carbocycles. The molecule has 2 rings (SSSR count). The predicted octanol–water partition coefficient (Wildman–Crippen LogP) is 3.81. The van der Waals surface area contributed by atoms with Gasteiger partial charge < -0.3 is 4.90 Å². The van der Waals surface area contributed by atoms with Crippen LogP contribution < -0.4 is 4.90 Å². The Kier molecular flexibility index (Phi) is 3.69. The number of benzene rings is 2. The van der Waals surface area contributed by atoms with Crippen LogP contribution in [0.5, 0.6) is 0 Å². The summed E-state index contributed by atoms with van der Waals surface area (Å²) in [5.74, 6) is 2.88. The SMILES string of the molecule is C#C[C@@H](c1ccccc1C)N(C)c1ccccc1. The third-order valence-corrected chi connectivity index (χ3v) is 3.19. The van der Waals surface area contributed by atoms with E-state index in [1.807, 2.05) is 37.4 Å². The Balaban J connectivity index is 2.36. The lowest BCUT2D eigenvalue weighted by Gasteiger charge is -2.27. The summed E-state index contributed by atoms with van der Waals surface area (Å²) in [5, 5.41) is 0. The maximum atomic E-state index is 5.72. The number of anilines is 1. The number of terminal acetylenes is 1. The van der Waals surface area contributed by atoms with E-state index in [1.165, 1.54) is 11.1 Å². The lowest BCUT2D eigenvalue weighted by atomic mass is 10.0. The van der Waals surface area contributed by atoms with Crippen LogP contribution in [0.4, 0.5) is 5.69 Å². The van der Waals surface area contributed by atoms with Crippen LogP contribution in [0.25, 0.3) is 0 Å². The lowest BCUT2D eigenvalue weighted by Crippen LogP contribution is -2.23. The van der Waals surface area contributed by atoms with Gasteiger partial charge in [0.05, 0.1) is 0 Å². The van der Waals surface area contributed by atoms with Crippen LogP contribution in [0.1, 0.15) is 17.2 Å². The van der Waals surface area contributed by atoms with Gasteiger partial charge in [0.25, 0.3) is 0 Å². The third kappa shape index (κ3) is 2.38. The largest absolute Gasteiger partial charge is 0.357 e. The summed E-state index contributed by atoms with van der Waals surface area (Å²) < 4.78 is 0. The highest BCUT2D eigenvalue weighted by atomic mass is 15.1. The van der Waals surface area contributed by atoms with Gasteiger partial charge in [-0.15, -0.1) is 6.42 Å². The van der Waals surface area contributed by atoms with Gasteiger partial charge in [-0.05, 0) is 30.2 Å². The molecule has 0 aliphatic carbocycles. The number of para-hydroxylation sites is 1. The molecule has 0 amide bonds. The van der Waals surface area contributed by atoms with Crippen molar-refractivity contribution in [2.75, 3.05) is 11.9 Å². The number of aryl methyl sites for hydroxylation is 1. The van der Waals surface area contributed by atoms with Crippen LogP contribution in [0, 0.1) is 19.3 Å². The first-order valence-corrected chi connectivity index (χ1v) is 6.03. The molecule has 0 N–H and O–H groups in total. The molecular formula is C17H17N. The number of nitrogens with zero attached hydrogens (tertiary/aromatic N) is 1. The summed E-state index contributed by atoms with van der Waals surface area (Å²) in [7, 11) is 2.03. The van der Waals surface area contributed by atoms with E-state index in [4.69, 9.17) is 6.42 Å². The van der Waals surface area contributed by atoms with Gasteiger partial charge in [-0.3, -0.25) is 0 Å². The zero-order valence-corrected chi connectivity index (χ0v) is 10.8. The molecule has 0 spiro atoms. The molecule has 1 nitrogen and oxygen atoms in total. The molecule has 1 atom stereocenters. The molecule has 90 valence electrons. The maximum absolute atomic E-state index is 5.72. The predicted molar refractivity (Wildman–Crippen MR) is 77.6 cm³/mol. The zero-order chi connectivity index (χ0) is 13.0. The van der Waals surface area contributed by atoms with E-state index >= 15 is 0 Å². The summed E-state index contributed by atoms with van der Waals surface area (Å²) >= 11 is 0. The minimum Gasteiger partial charge on any atom is -0.357 e. The fourth-order valence-corrected chi connectivity index (χ4v) is 2.12. The zero-order valence-electron chi connectivity index (χ0n) is 10.8. The molecular weight excluding hydrogens is 218 g/mol. The molecule has 0 aromatic heterocycles. The smallest absolute Gasteiger partial charge is 0.116 e. The second-order valence-electron chi connectivity index (χ2n) is 4.37. The molecule has 1 heteroatoms. The van der Waals surface area contributed by atoms with Crippen molar-refractivity contribution in [3.05, 3.63) is 65.7 Å².